The van der Waals surface area contributed by atoms with Gasteiger partial charge in [0.15, 0.2) is 23.6 Å². The van der Waals surface area contributed by atoms with Crippen molar-refractivity contribution in [3.8, 4) is 11.5 Å². The van der Waals surface area contributed by atoms with Crippen molar-refractivity contribution in [3.63, 3.8) is 0 Å². The van der Waals surface area contributed by atoms with Crippen LogP contribution in [0.3, 0.4) is 0 Å². The second kappa shape index (κ2) is 8.89. The molecule has 1 saturated heterocycles. The summed E-state index contributed by atoms with van der Waals surface area (Å²) in [4.78, 5) is 39.7. The van der Waals surface area contributed by atoms with Crippen molar-refractivity contribution in [3.05, 3.63) is 48.0 Å². The Morgan fingerprint density at radius 2 is 1.73 bits per heavy atom. The zero-order valence-corrected chi connectivity index (χ0v) is 18.8. The molecule has 1 fully saturated rings. The van der Waals surface area contributed by atoms with E-state index >= 15 is 0 Å². The smallest absolute Gasteiger partial charge is 0.263 e. The monoisotopic (exact) mass is 451 g/mol. The second-order valence-corrected chi connectivity index (χ2v) is 8.07. The largest absolute Gasteiger partial charge is 0.493 e. The molecule has 2 aromatic carbocycles. The first kappa shape index (κ1) is 22.3. The first-order valence-electron chi connectivity index (χ1n) is 10.5. The third-order valence-electron chi connectivity index (χ3n) is 5.65. The molecule has 2 aliphatic rings. The number of anilines is 2. The van der Waals surface area contributed by atoms with Gasteiger partial charge in [-0.15, -0.1) is 0 Å². The average molecular weight is 451 g/mol. The molecular formula is C23H25N5O5. The van der Waals surface area contributed by atoms with Crippen LogP contribution < -0.4 is 19.7 Å². The topological polar surface area (TPSA) is 113 Å². The average Bonchev–Trinajstić information content (AvgIpc) is 3.32. The number of nitrogens with zero attached hydrogens (tertiary/aromatic N) is 4. The van der Waals surface area contributed by atoms with Crippen LogP contribution >= 0.6 is 0 Å². The molecule has 1 N–H and O–H groups in total. The lowest BCUT2D eigenvalue weighted by molar-refractivity contribution is -0.123. The summed E-state index contributed by atoms with van der Waals surface area (Å²) in [6, 6.07) is 10.3. The first-order chi connectivity index (χ1) is 15.8. The van der Waals surface area contributed by atoms with Gasteiger partial charge in [-0.05, 0) is 35.7 Å². The maximum absolute atomic E-state index is 13.1. The Labute approximate surface area is 191 Å². The first-order valence-corrected chi connectivity index (χ1v) is 10.5. The number of amides is 3. The van der Waals surface area contributed by atoms with Crippen LogP contribution in [0.15, 0.2) is 52.8 Å². The second-order valence-electron chi connectivity index (χ2n) is 8.07. The van der Waals surface area contributed by atoms with Crippen LogP contribution in [0.1, 0.15) is 25.3 Å². The van der Waals surface area contributed by atoms with Gasteiger partial charge in [-0.3, -0.25) is 19.4 Å². The highest BCUT2D eigenvalue weighted by molar-refractivity contribution is 6.25. The molecule has 0 saturated carbocycles. The molecule has 0 aliphatic carbocycles. The minimum Gasteiger partial charge on any atom is -0.493 e. The van der Waals surface area contributed by atoms with Gasteiger partial charge in [0.2, 0.25) is 5.91 Å². The van der Waals surface area contributed by atoms with Crippen molar-refractivity contribution in [1.82, 2.24) is 5.01 Å². The number of hydrogen-bond acceptors (Lipinski definition) is 8. The Bertz CT molecular complexity index is 1110. The summed E-state index contributed by atoms with van der Waals surface area (Å²) >= 11 is 0. The van der Waals surface area contributed by atoms with Crippen molar-refractivity contribution in [1.29, 1.82) is 0 Å². The van der Waals surface area contributed by atoms with Crippen molar-refractivity contribution >= 4 is 29.1 Å². The predicted molar refractivity (Wildman–Crippen MR) is 120 cm³/mol. The molecule has 0 unspecified atom stereocenters. The molecule has 2 heterocycles. The Morgan fingerprint density at radius 1 is 1.03 bits per heavy atom. The Hall–Kier alpha value is -3.95. The summed E-state index contributed by atoms with van der Waals surface area (Å²) in [7, 11) is 3.02. The molecular weight excluding hydrogens is 426 g/mol. The maximum atomic E-state index is 13.1. The van der Waals surface area contributed by atoms with Crippen LogP contribution in [0.5, 0.6) is 11.5 Å². The standard InChI is InChI=1S/C23H25N5O5/c1-13(2)14-5-8-16(9-6-14)28-22(30)20-21(23(28)31)27(26-25-20)12-19(29)24-15-7-10-17(32-3)18(11-15)33-4/h5-11,13,20-21H,12H2,1-4H3,(H,24,29)/t20-,21-/m1/s1. The number of benzene rings is 2. The summed E-state index contributed by atoms with van der Waals surface area (Å²) in [6.45, 7) is 3.89. The van der Waals surface area contributed by atoms with Crippen LogP contribution in [0, 0.1) is 0 Å². The molecule has 33 heavy (non-hydrogen) atoms. The number of ether oxygens (including phenoxy) is 2. The number of imide groups is 1. The van der Waals surface area contributed by atoms with E-state index in [1.54, 1.807) is 30.3 Å². The molecule has 10 heteroatoms. The number of hydrogen-bond donors (Lipinski definition) is 1. The van der Waals surface area contributed by atoms with Crippen LogP contribution in [0.25, 0.3) is 0 Å². The van der Waals surface area contributed by atoms with E-state index in [0.29, 0.717) is 28.8 Å². The number of rotatable bonds is 7. The van der Waals surface area contributed by atoms with Gasteiger partial charge >= 0.3 is 0 Å². The Morgan fingerprint density at radius 3 is 2.36 bits per heavy atom. The molecule has 2 atom stereocenters. The normalized spacial score (nSPS) is 19.3. The van der Waals surface area contributed by atoms with Gasteiger partial charge in [-0.2, -0.15) is 5.11 Å². The fourth-order valence-electron chi connectivity index (χ4n) is 3.88. The number of fused-ring (bicyclic) bond motifs is 1. The SMILES string of the molecule is COc1ccc(NC(=O)CN2N=N[C@H]3C(=O)N(c4ccc(C(C)C)cc4)C(=O)[C@@H]32)cc1OC. The molecule has 4 rings (SSSR count). The lowest BCUT2D eigenvalue weighted by atomic mass is 10.0. The fraction of sp³-hybridized carbons (Fsp3) is 0.348. The molecule has 2 aliphatic heterocycles. The summed E-state index contributed by atoms with van der Waals surface area (Å²) in [6.07, 6.45) is 0. The zero-order chi connectivity index (χ0) is 23.7. The van der Waals surface area contributed by atoms with Crippen molar-refractivity contribution < 1.29 is 23.9 Å². The van der Waals surface area contributed by atoms with Gasteiger partial charge in [-0.25, -0.2) is 4.90 Å². The summed E-state index contributed by atoms with van der Waals surface area (Å²) in [5.74, 6) is 0.00827. The van der Waals surface area contributed by atoms with E-state index < -0.39 is 29.8 Å². The molecule has 0 spiro atoms. The lowest BCUT2D eigenvalue weighted by Gasteiger charge is -2.20. The minimum absolute atomic E-state index is 0.238. The van der Waals surface area contributed by atoms with Crippen molar-refractivity contribution in [2.24, 2.45) is 10.3 Å². The van der Waals surface area contributed by atoms with E-state index in [1.807, 2.05) is 12.1 Å². The van der Waals surface area contributed by atoms with E-state index in [-0.39, 0.29) is 6.54 Å². The number of carbonyl (C=O) groups excluding carboxylic acids is 3. The van der Waals surface area contributed by atoms with Gasteiger partial charge in [0.25, 0.3) is 11.8 Å². The van der Waals surface area contributed by atoms with Gasteiger partial charge in [0.05, 0.1) is 19.9 Å². The molecule has 172 valence electrons. The minimum atomic E-state index is -0.962. The highest BCUT2D eigenvalue weighted by Gasteiger charge is 2.55. The van der Waals surface area contributed by atoms with E-state index in [0.717, 1.165) is 10.5 Å². The summed E-state index contributed by atoms with van der Waals surface area (Å²) in [5, 5.41) is 11.9. The summed E-state index contributed by atoms with van der Waals surface area (Å²) < 4.78 is 10.4. The Kier molecular flexibility index (Phi) is 5.99. The van der Waals surface area contributed by atoms with E-state index in [9.17, 15) is 14.4 Å². The number of methoxy groups -OCH3 is 2. The third kappa shape index (κ3) is 4.11. The van der Waals surface area contributed by atoms with Gasteiger partial charge in [-0.1, -0.05) is 31.2 Å². The van der Waals surface area contributed by atoms with Crippen LogP contribution in [0.4, 0.5) is 11.4 Å². The molecule has 0 radical (unpaired) electrons. The van der Waals surface area contributed by atoms with Crippen molar-refractivity contribution in [2.75, 3.05) is 31.0 Å². The summed E-state index contributed by atoms with van der Waals surface area (Å²) in [5.41, 5.74) is 2.07. The molecule has 10 nitrogen and oxygen atoms in total. The number of nitrogens with one attached hydrogen (secondary N) is 1. The van der Waals surface area contributed by atoms with E-state index in [1.165, 1.54) is 19.2 Å². The number of carbonyl (C=O) groups is 3. The molecule has 3 amide bonds. The van der Waals surface area contributed by atoms with Gasteiger partial charge in [0, 0.05) is 11.8 Å². The van der Waals surface area contributed by atoms with Crippen LogP contribution in [-0.2, 0) is 14.4 Å². The van der Waals surface area contributed by atoms with Gasteiger partial charge in [0.1, 0.15) is 6.54 Å². The maximum Gasteiger partial charge on any atom is 0.263 e. The highest BCUT2D eigenvalue weighted by Crippen LogP contribution is 2.33. The van der Waals surface area contributed by atoms with E-state index in [2.05, 4.69) is 29.5 Å². The van der Waals surface area contributed by atoms with Gasteiger partial charge < -0.3 is 14.8 Å². The predicted octanol–water partition coefficient (Wildman–Crippen LogP) is 2.76. The van der Waals surface area contributed by atoms with Crippen LogP contribution in [0.2, 0.25) is 0 Å². The molecule has 0 bridgehead atoms. The van der Waals surface area contributed by atoms with Crippen LogP contribution in [-0.4, -0.2) is 55.6 Å². The zero-order valence-electron chi connectivity index (χ0n) is 18.8. The molecule has 2 aromatic rings. The lowest BCUT2D eigenvalue weighted by Crippen LogP contribution is -2.43. The van der Waals surface area contributed by atoms with E-state index in [4.69, 9.17) is 9.47 Å². The molecule has 0 aromatic heterocycles. The fourth-order valence-corrected chi connectivity index (χ4v) is 3.88. The third-order valence-corrected chi connectivity index (χ3v) is 5.65. The Balaban J connectivity index is 1.46. The van der Waals surface area contributed by atoms with Crippen molar-refractivity contribution in [2.45, 2.75) is 31.8 Å². The highest BCUT2D eigenvalue weighted by atomic mass is 16.5. The quantitative estimate of drug-likeness (QED) is 0.648.